The van der Waals surface area contributed by atoms with E-state index in [0.29, 0.717) is 9.13 Å². The summed E-state index contributed by atoms with van der Waals surface area (Å²) in [5.74, 6) is 0. The van der Waals surface area contributed by atoms with Crippen molar-refractivity contribution in [2.24, 2.45) is 0 Å². The van der Waals surface area contributed by atoms with E-state index >= 15 is 0 Å². The van der Waals surface area contributed by atoms with Crippen molar-refractivity contribution in [1.29, 1.82) is 0 Å². The zero-order valence-electron chi connectivity index (χ0n) is 5.40. The van der Waals surface area contributed by atoms with Crippen LogP contribution in [0.3, 0.4) is 0 Å². The van der Waals surface area contributed by atoms with Gasteiger partial charge in [-0.2, -0.15) is 0 Å². The molecule has 1 fully saturated rings. The monoisotopic (exact) mass is 126 g/mol. The van der Waals surface area contributed by atoms with Crippen molar-refractivity contribution >= 4 is 15.3 Å². The maximum absolute atomic E-state index is 3.99. The Hall–Kier alpha value is 0.0869. The molecule has 8 heavy (non-hydrogen) atoms. The molecule has 0 aromatic carbocycles. The van der Waals surface area contributed by atoms with Crippen molar-refractivity contribution in [3.63, 3.8) is 0 Å². The fourth-order valence-corrected chi connectivity index (χ4v) is 2.31. The second-order valence-corrected chi connectivity index (χ2v) is 4.05. The normalized spacial score (nSPS) is 23.0. The van der Waals surface area contributed by atoms with Gasteiger partial charge in [0.15, 0.2) is 0 Å². The van der Waals surface area contributed by atoms with E-state index in [1.165, 1.54) is 32.1 Å². The quantitative estimate of drug-likeness (QED) is 0.468. The lowest BCUT2D eigenvalue weighted by Crippen LogP contribution is -2.01. The van der Waals surface area contributed by atoms with E-state index < -0.39 is 0 Å². The molecule has 0 spiro atoms. The molecule has 0 saturated heterocycles. The van der Waals surface area contributed by atoms with Crippen LogP contribution < -0.4 is 0 Å². The van der Waals surface area contributed by atoms with E-state index in [1.807, 2.05) is 0 Å². The van der Waals surface area contributed by atoms with E-state index in [0.717, 1.165) is 5.54 Å². The van der Waals surface area contributed by atoms with Gasteiger partial charge in [-0.25, -0.2) is 0 Å². The molecular formula is C7H14Si. The SMILES string of the molecule is C=[SiH]C1CCCCC1. The summed E-state index contributed by atoms with van der Waals surface area (Å²) in [7, 11) is 0.538. The van der Waals surface area contributed by atoms with Gasteiger partial charge in [-0.1, -0.05) is 32.1 Å². The summed E-state index contributed by atoms with van der Waals surface area (Å²) in [4.78, 5) is 0. The first-order chi connectivity index (χ1) is 3.93. The molecule has 1 saturated carbocycles. The third-order valence-electron chi connectivity index (χ3n) is 1.98. The molecule has 1 aliphatic rings. The summed E-state index contributed by atoms with van der Waals surface area (Å²) < 4.78 is 0. The van der Waals surface area contributed by atoms with Crippen molar-refractivity contribution in [3.8, 4) is 0 Å². The van der Waals surface area contributed by atoms with Crippen LogP contribution in [0.1, 0.15) is 32.1 Å². The summed E-state index contributed by atoms with van der Waals surface area (Å²) in [5, 5.41) is 0. The van der Waals surface area contributed by atoms with E-state index in [1.54, 1.807) is 0 Å². The third kappa shape index (κ3) is 1.55. The van der Waals surface area contributed by atoms with Gasteiger partial charge in [0.25, 0.3) is 0 Å². The lowest BCUT2D eigenvalue weighted by molar-refractivity contribution is 0.503. The highest BCUT2D eigenvalue weighted by Crippen LogP contribution is 2.25. The van der Waals surface area contributed by atoms with Gasteiger partial charge in [-0.3, -0.25) is 0 Å². The molecule has 0 amide bonds. The lowest BCUT2D eigenvalue weighted by Gasteiger charge is -2.16. The number of rotatable bonds is 1. The zero-order valence-corrected chi connectivity index (χ0v) is 6.55. The predicted octanol–water partition coefficient (Wildman–Crippen LogP) is 1.61. The van der Waals surface area contributed by atoms with Crippen molar-refractivity contribution < 1.29 is 0 Å². The van der Waals surface area contributed by atoms with Gasteiger partial charge in [-0.05, 0) is 14.7 Å². The molecule has 0 aromatic rings. The molecule has 0 nitrogen and oxygen atoms in total. The average molecular weight is 126 g/mol. The smallest absolute Gasteiger partial charge is 0.0120 e. The highest BCUT2D eigenvalue weighted by molar-refractivity contribution is 6.42. The molecule has 0 aromatic heterocycles. The maximum atomic E-state index is 3.99. The second kappa shape index (κ2) is 3.18. The predicted molar refractivity (Wildman–Crippen MR) is 41.1 cm³/mol. The molecule has 0 aliphatic heterocycles. The number of hydrogen-bond donors (Lipinski definition) is 0. The van der Waals surface area contributed by atoms with E-state index in [9.17, 15) is 0 Å². The van der Waals surface area contributed by atoms with Crippen LogP contribution in [-0.2, 0) is 0 Å². The summed E-state index contributed by atoms with van der Waals surface area (Å²) in [6.07, 6.45) is 11.4. The number of hydrogen-bond acceptors (Lipinski definition) is 0. The van der Waals surface area contributed by atoms with Crippen molar-refractivity contribution in [3.05, 3.63) is 0 Å². The van der Waals surface area contributed by atoms with Crippen molar-refractivity contribution in [2.45, 2.75) is 37.6 Å². The Kier molecular flexibility index (Phi) is 2.47. The Morgan fingerprint density at radius 2 is 1.75 bits per heavy atom. The average Bonchev–Trinajstić information content (AvgIpc) is 1.90. The zero-order chi connectivity index (χ0) is 5.82. The van der Waals surface area contributed by atoms with Gasteiger partial charge >= 0.3 is 0 Å². The molecule has 0 N–H and O–H groups in total. The maximum Gasteiger partial charge on any atom is -0.0120 e. The van der Waals surface area contributed by atoms with Crippen molar-refractivity contribution in [2.75, 3.05) is 0 Å². The van der Waals surface area contributed by atoms with Crippen LogP contribution in [0.2, 0.25) is 5.54 Å². The minimum atomic E-state index is 0.538. The standard InChI is InChI=1S/C7H14Si/c1-8-7-5-3-2-4-6-7/h7-8H,1-6H2. The summed E-state index contributed by atoms with van der Waals surface area (Å²) in [5.41, 5.74) is 1.06. The Morgan fingerprint density at radius 1 is 1.12 bits per heavy atom. The van der Waals surface area contributed by atoms with E-state index in [4.69, 9.17) is 0 Å². The highest BCUT2D eigenvalue weighted by Gasteiger charge is 2.08. The molecular weight excluding hydrogens is 112 g/mol. The molecule has 0 radical (unpaired) electrons. The molecule has 0 bridgehead atoms. The largest absolute Gasteiger partial charge is 0.121 e. The van der Waals surface area contributed by atoms with E-state index in [2.05, 4.69) is 6.17 Å². The van der Waals surface area contributed by atoms with Crippen LogP contribution in [0.4, 0.5) is 0 Å². The first kappa shape index (κ1) is 6.21. The topological polar surface area (TPSA) is 0 Å². The molecule has 1 rings (SSSR count). The fourth-order valence-electron chi connectivity index (χ4n) is 1.37. The van der Waals surface area contributed by atoms with E-state index in [-0.39, 0.29) is 0 Å². The highest BCUT2D eigenvalue weighted by atomic mass is 28.2. The molecule has 0 atom stereocenters. The molecule has 1 heteroatoms. The Morgan fingerprint density at radius 3 is 2.12 bits per heavy atom. The summed E-state index contributed by atoms with van der Waals surface area (Å²) in [6, 6.07) is 0. The molecule has 1 aliphatic carbocycles. The van der Waals surface area contributed by atoms with Gasteiger partial charge in [0, 0.05) is 0 Å². The van der Waals surface area contributed by atoms with Crippen LogP contribution in [0.5, 0.6) is 0 Å². The second-order valence-electron chi connectivity index (χ2n) is 2.63. The molecule has 46 valence electrons. The van der Waals surface area contributed by atoms with Gasteiger partial charge < -0.3 is 0 Å². The fraction of sp³-hybridized carbons (Fsp3) is 0.857. The van der Waals surface area contributed by atoms with Crippen LogP contribution in [0.25, 0.3) is 0 Å². The lowest BCUT2D eigenvalue weighted by atomic mass is 10.0. The van der Waals surface area contributed by atoms with Crippen LogP contribution >= 0.6 is 0 Å². The minimum Gasteiger partial charge on any atom is -0.121 e. The first-order valence-electron chi connectivity index (χ1n) is 3.56. The Bertz CT molecular complexity index is 72.5. The Balaban J connectivity index is 2.22. The van der Waals surface area contributed by atoms with Gasteiger partial charge in [0.05, 0.1) is 0 Å². The minimum absolute atomic E-state index is 0.538. The van der Waals surface area contributed by atoms with Crippen LogP contribution in [0.15, 0.2) is 0 Å². The van der Waals surface area contributed by atoms with Gasteiger partial charge in [-0.15, -0.1) is 6.17 Å². The first-order valence-corrected chi connectivity index (χ1v) is 5.04. The van der Waals surface area contributed by atoms with Crippen LogP contribution in [0, 0.1) is 0 Å². The Labute approximate surface area is 53.7 Å². The van der Waals surface area contributed by atoms with Gasteiger partial charge in [0.2, 0.25) is 0 Å². The summed E-state index contributed by atoms with van der Waals surface area (Å²) in [6.45, 7) is 0. The third-order valence-corrected chi connectivity index (χ3v) is 3.32. The summed E-state index contributed by atoms with van der Waals surface area (Å²) >= 11 is 0. The molecule has 0 unspecified atom stereocenters. The van der Waals surface area contributed by atoms with Crippen molar-refractivity contribution in [1.82, 2.24) is 0 Å². The van der Waals surface area contributed by atoms with Gasteiger partial charge in [0.1, 0.15) is 0 Å². The van der Waals surface area contributed by atoms with Crippen LogP contribution in [-0.4, -0.2) is 15.3 Å². The molecule has 0 heterocycles.